The number of esters is 1. The average molecular weight is 553 g/mol. The highest BCUT2D eigenvalue weighted by Crippen LogP contribution is 2.37. The molecular weight excluding hydrogens is 513 g/mol. The molecule has 0 unspecified atom stereocenters. The molecule has 2 aromatic carbocycles. The summed E-state index contributed by atoms with van der Waals surface area (Å²) in [7, 11) is -2.05. The zero-order valence-electron chi connectivity index (χ0n) is 23.6. The summed E-state index contributed by atoms with van der Waals surface area (Å²) in [5.74, 6) is -0.968. The molecule has 0 atom stereocenters. The normalized spacial score (nSPS) is 14.5. The van der Waals surface area contributed by atoms with Gasteiger partial charge < -0.3 is 10.1 Å². The second kappa shape index (κ2) is 11.8. The Morgan fingerprint density at radius 2 is 1.61 bits per heavy atom. The standard InChI is InChI=1S/C29H40N2O5Si2/c1-36-29(33)23-14-11-15-25(31(34)35)27(23)22-17-16-20(19-26(37(2,3)4)38(5,6)7)18-24(22)28(32)30-21-12-9-8-10-13-21/h11,14-19,21H,8-10,12-13H2,1-7H3,(H,30,32). The summed E-state index contributed by atoms with van der Waals surface area (Å²) in [5.41, 5.74) is 1.49. The number of carbonyl (C=O) groups excluding carboxylic acids is 2. The van der Waals surface area contributed by atoms with Crippen molar-refractivity contribution in [3.05, 3.63) is 68.0 Å². The van der Waals surface area contributed by atoms with Gasteiger partial charge in [0, 0.05) is 23.2 Å². The first kappa shape index (κ1) is 29.5. The lowest BCUT2D eigenvalue weighted by atomic mass is 9.91. The third kappa shape index (κ3) is 6.88. The number of hydrogen-bond donors (Lipinski definition) is 1. The maximum absolute atomic E-state index is 13.8. The van der Waals surface area contributed by atoms with E-state index in [2.05, 4.69) is 50.7 Å². The maximum atomic E-state index is 13.8. The van der Waals surface area contributed by atoms with E-state index in [-0.39, 0.29) is 28.8 Å². The van der Waals surface area contributed by atoms with Crippen LogP contribution in [-0.2, 0) is 4.74 Å². The molecule has 0 aromatic heterocycles. The van der Waals surface area contributed by atoms with Crippen molar-refractivity contribution in [2.45, 2.75) is 77.4 Å². The van der Waals surface area contributed by atoms with Crippen LogP contribution in [0.4, 0.5) is 5.69 Å². The first-order valence-electron chi connectivity index (χ1n) is 13.3. The van der Waals surface area contributed by atoms with Crippen LogP contribution in [0, 0.1) is 10.1 Å². The summed E-state index contributed by atoms with van der Waals surface area (Å²) >= 11 is 0. The number of amides is 1. The van der Waals surface area contributed by atoms with Crippen molar-refractivity contribution in [2.24, 2.45) is 0 Å². The predicted octanol–water partition coefficient (Wildman–Crippen LogP) is 7.25. The molecule has 2 aromatic rings. The predicted molar refractivity (Wildman–Crippen MR) is 159 cm³/mol. The van der Waals surface area contributed by atoms with Gasteiger partial charge in [0.25, 0.3) is 11.6 Å². The molecule has 204 valence electrons. The molecule has 0 radical (unpaired) electrons. The number of nitro groups is 1. The number of hydrogen-bond acceptors (Lipinski definition) is 5. The molecular formula is C29H40N2O5Si2. The van der Waals surface area contributed by atoms with Gasteiger partial charge in [0.1, 0.15) is 0 Å². The molecule has 1 amide bonds. The Kier molecular flexibility index (Phi) is 9.15. The summed E-state index contributed by atoms with van der Waals surface area (Å²) in [6.45, 7) is 14.0. The van der Waals surface area contributed by atoms with Gasteiger partial charge in [-0.25, -0.2) is 4.79 Å². The molecule has 1 saturated carbocycles. The SMILES string of the molecule is COC(=O)c1cccc([N+](=O)[O-])c1-c1ccc(C=C([Si](C)(C)C)[Si](C)(C)C)cc1C(=O)NC1CCCCC1. The number of benzene rings is 2. The monoisotopic (exact) mass is 552 g/mol. The Morgan fingerprint density at radius 1 is 0.974 bits per heavy atom. The minimum Gasteiger partial charge on any atom is -0.465 e. The van der Waals surface area contributed by atoms with E-state index < -0.39 is 27.0 Å². The zero-order valence-corrected chi connectivity index (χ0v) is 25.6. The first-order chi connectivity index (χ1) is 17.7. The molecule has 9 heteroatoms. The number of nitrogens with one attached hydrogen (secondary N) is 1. The van der Waals surface area contributed by atoms with Crippen LogP contribution >= 0.6 is 0 Å². The van der Waals surface area contributed by atoms with Crippen LogP contribution in [0.3, 0.4) is 0 Å². The maximum Gasteiger partial charge on any atom is 0.338 e. The lowest BCUT2D eigenvalue weighted by molar-refractivity contribution is -0.384. The minimum atomic E-state index is -1.64. The number of nitrogens with zero attached hydrogens (tertiary/aromatic N) is 1. The number of nitro benzene ring substituents is 1. The van der Waals surface area contributed by atoms with Crippen LogP contribution in [0.25, 0.3) is 17.2 Å². The zero-order chi connectivity index (χ0) is 28.3. The molecule has 1 aliphatic carbocycles. The molecule has 0 bridgehead atoms. The second-order valence-corrected chi connectivity index (χ2v) is 22.7. The molecule has 3 rings (SSSR count). The molecule has 0 saturated heterocycles. The summed E-state index contributed by atoms with van der Waals surface area (Å²) in [5, 5.41) is 15.2. The Morgan fingerprint density at radius 3 is 2.16 bits per heavy atom. The first-order valence-corrected chi connectivity index (χ1v) is 20.3. The van der Waals surface area contributed by atoms with Gasteiger partial charge in [0.05, 0.1) is 39.3 Å². The van der Waals surface area contributed by atoms with Gasteiger partial charge in [-0.2, -0.15) is 0 Å². The number of methoxy groups -OCH3 is 1. The molecule has 1 N–H and O–H groups in total. The third-order valence-corrected chi connectivity index (χ3v) is 15.1. The van der Waals surface area contributed by atoms with E-state index >= 15 is 0 Å². The fraction of sp³-hybridized carbons (Fsp3) is 0.448. The highest BCUT2D eigenvalue weighted by Gasteiger charge is 2.32. The fourth-order valence-electron chi connectivity index (χ4n) is 5.55. The van der Waals surface area contributed by atoms with Gasteiger partial charge in [0.15, 0.2) is 0 Å². The molecule has 38 heavy (non-hydrogen) atoms. The van der Waals surface area contributed by atoms with E-state index in [1.54, 1.807) is 6.07 Å². The molecule has 0 spiro atoms. The number of rotatable bonds is 8. The van der Waals surface area contributed by atoms with Crippen molar-refractivity contribution < 1.29 is 19.2 Å². The highest BCUT2D eigenvalue weighted by molar-refractivity contribution is 7.05. The van der Waals surface area contributed by atoms with Gasteiger partial charge in [-0.3, -0.25) is 14.9 Å². The topological polar surface area (TPSA) is 98.5 Å². The van der Waals surface area contributed by atoms with Gasteiger partial charge in [-0.1, -0.05) is 87.6 Å². The Hall–Kier alpha value is -3.05. The number of carbonyl (C=O) groups is 2. The van der Waals surface area contributed by atoms with E-state index in [9.17, 15) is 19.7 Å². The Labute approximate surface area is 227 Å². The van der Waals surface area contributed by atoms with Gasteiger partial charge >= 0.3 is 5.97 Å². The molecule has 7 nitrogen and oxygen atoms in total. The summed E-state index contributed by atoms with van der Waals surface area (Å²) in [4.78, 5) is 39.4. The van der Waals surface area contributed by atoms with E-state index in [0.717, 1.165) is 37.7 Å². The van der Waals surface area contributed by atoms with Crippen molar-refractivity contribution in [1.82, 2.24) is 5.32 Å². The largest absolute Gasteiger partial charge is 0.465 e. The molecule has 0 heterocycles. The van der Waals surface area contributed by atoms with Gasteiger partial charge in [-0.15, -0.1) is 0 Å². The second-order valence-electron chi connectivity index (χ2n) is 12.1. The average Bonchev–Trinajstić information content (AvgIpc) is 2.85. The van der Waals surface area contributed by atoms with Crippen molar-refractivity contribution >= 4 is 39.8 Å². The van der Waals surface area contributed by atoms with Crippen LogP contribution in [0.15, 0.2) is 41.2 Å². The van der Waals surface area contributed by atoms with E-state index in [1.165, 1.54) is 30.1 Å². The molecule has 1 fully saturated rings. The smallest absolute Gasteiger partial charge is 0.338 e. The summed E-state index contributed by atoms with van der Waals surface area (Å²) in [6, 6.07) is 9.83. The van der Waals surface area contributed by atoms with Crippen molar-refractivity contribution in [3.8, 4) is 11.1 Å². The van der Waals surface area contributed by atoms with E-state index in [1.807, 2.05) is 12.1 Å². The van der Waals surface area contributed by atoms with Gasteiger partial charge in [0.2, 0.25) is 0 Å². The number of ether oxygens (including phenoxy) is 1. The minimum absolute atomic E-state index is 0.0570. The Balaban J connectivity index is 2.28. The molecule has 1 aliphatic rings. The fourth-order valence-corrected chi connectivity index (χ4v) is 15.7. The summed E-state index contributed by atoms with van der Waals surface area (Å²) < 4.78 is 4.94. The van der Waals surface area contributed by atoms with Crippen LogP contribution < -0.4 is 5.32 Å². The quantitative estimate of drug-likeness (QED) is 0.161. The van der Waals surface area contributed by atoms with Crippen molar-refractivity contribution in [3.63, 3.8) is 0 Å². The van der Waals surface area contributed by atoms with Crippen LogP contribution in [-0.4, -0.2) is 46.1 Å². The van der Waals surface area contributed by atoms with Crippen molar-refractivity contribution in [1.29, 1.82) is 0 Å². The highest BCUT2D eigenvalue weighted by atomic mass is 28.4. The van der Waals surface area contributed by atoms with Gasteiger partial charge in [-0.05, 0) is 30.5 Å². The van der Waals surface area contributed by atoms with Crippen LogP contribution in [0.5, 0.6) is 0 Å². The van der Waals surface area contributed by atoms with Crippen LogP contribution in [0.1, 0.15) is 58.4 Å². The van der Waals surface area contributed by atoms with Crippen molar-refractivity contribution in [2.75, 3.05) is 7.11 Å². The van der Waals surface area contributed by atoms with E-state index in [0.29, 0.717) is 11.1 Å². The summed E-state index contributed by atoms with van der Waals surface area (Å²) in [6.07, 6.45) is 7.33. The lowest BCUT2D eigenvalue weighted by Gasteiger charge is -2.31. The Bertz CT molecular complexity index is 1240. The van der Waals surface area contributed by atoms with E-state index in [4.69, 9.17) is 4.74 Å². The lowest BCUT2D eigenvalue weighted by Crippen LogP contribution is -2.39. The van der Waals surface area contributed by atoms with Crippen LogP contribution in [0.2, 0.25) is 39.3 Å². The third-order valence-electron chi connectivity index (χ3n) is 7.07. The molecule has 0 aliphatic heterocycles.